The van der Waals surface area contributed by atoms with Crippen molar-refractivity contribution in [3.63, 3.8) is 0 Å². The molecule has 0 spiro atoms. The largest absolute Gasteiger partial charge is 0.481 e. The number of benzene rings is 1. The molecule has 0 aromatic heterocycles. The zero-order valence-electron chi connectivity index (χ0n) is 18.6. The van der Waals surface area contributed by atoms with E-state index in [1.807, 2.05) is 55.4 Å². The van der Waals surface area contributed by atoms with E-state index in [9.17, 15) is 13.2 Å². The third kappa shape index (κ3) is 13.2. The van der Waals surface area contributed by atoms with Gasteiger partial charge in [0.05, 0.1) is 23.1 Å². The molecule has 0 bridgehead atoms. The summed E-state index contributed by atoms with van der Waals surface area (Å²) in [5, 5.41) is 8.66. The Bertz CT molecular complexity index is 639. The molecule has 0 saturated heterocycles. The minimum Gasteiger partial charge on any atom is -0.481 e. The van der Waals surface area contributed by atoms with Crippen molar-refractivity contribution in [3.8, 4) is 0 Å². The summed E-state index contributed by atoms with van der Waals surface area (Å²) in [5.74, 6) is -0.960. The summed E-state index contributed by atoms with van der Waals surface area (Å²) in [7, 11) is -3.38. The fourth-order valence-electron chi connectivity index (χ4n) is 1.83. The van der Waals surface area contributed by atoms with Crippen molar-refractivity contribution >= 4 is 28.4 Å². The Morgan fingerprint density at radius 3 is 1.86 bits per heavy atom. The predicted molar refractivity (Wildman–Crippen MR) is 121 cm³/mol. The van der Waals surface area contributed by atoms with Crippen LogP contribution in [0.4, 0.5) is 0 Å². The first-order valence-corrected chi connectivity index (χ1v) is 11.7. The molecular formula is C21H38N2O4S. The van der Waals surface area contributed by atoms with Crippen LogP contribution in [-0.4, -0.2) is 43.8 Å². The number of carbonyl (C=O) groups is 1. The Morgan fingerprint density at radius 2 is 1.46 bits per heavy atom. The van der Waals surface area contributed by atoms with Gasteiger partial charge in [-0.2, -0.15) is 0 Å². The summed E-state index contributed by atoms with van der Waals surface area (Å²) in [6.07, 6.45) is 3.30. The van der Waals surface area contributed by atoms with Crippen molar-refractivity contribution in [3.05, 3.63) is 29.8 Å². The lowest BCUT2D eigenvalue weighted by Crippen LogP contribution is -2.13. The zero-order chi connectivity index (χ0) is 22.6. The Morgan fingerprint density at radius 1 is 0.964 bits per heavy atom. The molecule has 162 valence electrons. The molecule has 6 nitrogen and oxygen atoms in total. The summed E-state index contributed by atoms with van der Waals surface area (Å²) < 4.78 is 24.2. The summed E-state index contributed by atoms with van der Waals surface area (Å²) in [4.78, 5) is 18.6. The highest BCUT2D eigenvalue weighted by Crippen LogP contribution is 2.15. The quantitative estimate of drug-likeness (QED) is 0.703. The van der Waals surface area contributed by atoms with Gasteiger partial charge >= 0.3 is 5.97 Å². The topological polar surface area (TPSA) is 96.2 Å². The molecule has 7 heteroatoms. The van der Waals surface area contributed by atoms with E-state index in [4.69, 9.17) is 5.11 Å². The lowest BCUT2D eigenvalue weighted by Gasteiger charge is -2.06. The van der Waals surface area contributed by atoms with E-state index in [0.717, 1.165) is 0 Å². The van der Waals surface area contributed by atoms with E-state index in [-0.39, 0.29) is 23.1 Å². The normalized spacial score (nSPS) is 13.4. The number of carboxylic acid groups (broad SMARTS) is 1. The monoisotopic (exact) mass is 414 g/mol. The average molecular weight is 415 g/mol. The number of aliphatic carboxylic acids is 1. The summed E-state index contributed by atoms with van der Waals surface area (Å²) in [5.41, 5.74) is 0.573. The maximum atomic E-state index is 12.1. The number of rotatable bonds is 6. The highest BCUT2D eigenvalue weighted by Gasteiger charge is 2.17. The molecule has 1 aliphatic rings. The van der Waals surface area contributed by atoms with Crippen LogP contribution in [0.3, 0.4) is 0 Å². The van der Waals surface area contributed by atoms with Crippen LogP contribution in [0.1, 0.15) is 67.4 Å². The molecule has 1 N–H and O–H groups in total. The molecule has 1 unspecified atom stereocenters. The first-order chi connectivity index (χ1) is 13.5. The van der Waals surface area contributed by atoms with Crippen molar-refractivity contribution in [1.82, 2.24) is 0 Å². The Balaban J connectivity index is -0.000000695. The van der Waals surface area contributed by atoms with Crippen LogP contribution >= 0.6 is 0 Å². The van der Waals surface area contributed by atoms with Crippen LogP contribution in [0.15, 0.2) is 39.1 Å². The minimum absolute atomic E-state index is 0.0146. The molecule has 0 radical (unpaired) electrons. The number of hydrogen-bond acceptors (Lipinski definition) is 5. The standard InChI is InChI=1S/C13H14N2O4S.4C2H6/c16-13(17)7-10-1-3-12(4-2-10)20(18,19)6-5-11-8-14-9-15-11;4*1-2/h1-4,8-9,11H,5-7H2,(H,16,17);4*1-2H3. The maximum Gasteiger partial charge on any atom is 0.307 e. The lowest BCUT2D eigenvalue weighted by atomic mass is 10.2. The van der Waals surface area contributed by atoms with Crippen molar-refractivity contribution in [2.24, 2.45) is 9.98 Å². The molecule has 0 amide bonds. The van der Waals surface area contributed by atoms with Gasteiger partial charge in [-0.05, 0) is 24.1 Å². The SMILES string of the molecule is CC.CC.CC.CC.O=C(O)Cc1ccc(S(=O)(=O)CCC2C=NC=N2)cc1. The van der Waals surface area contributed by atoms with Crippen LogP contribution in [0.25, 0.3) is 0 Å². The molecular weight excluding hydrogens is 376 g/mol. The average Bonchev–Trinajstić information content (AvgIpc) is 3.26. The summed E-state index contributed by atoms with van der Waals surface area (Å²) >= 11 is 0. The third-order valence-corrected chi connectivity index (χ3v) is 4.67. The van der Waals surface area contributed by atoms with Crippen LogP contribution in [0.2, 0.25) is 0 Å². The van der Waals surface area contributed by atoms with Gasteiger partial charge in [0.2, 0.25) is 0 Å². The lowest BCUT2D eigenvalue weighted by molar-refractivity contribution is -0.136. The van der Waals surface area contributed by atoms with E-state index in [0.29, 0.717) is 12.0 Å². The van der Waals surface area contributed by atoms with Crippen LogP contribution in [0, 0.1) is 0 Å². The second-order valence-electron chi connectivity index (χ2n) is 4.45. The number of aliphatic imine (C=N–C) groups is 2. The Hall–Kier alpha value is -2.02. The van der Waals surface area contributed by atoms with Gasteiger partial charge in [-0.3, -0.25) is 9.79 Å². The van der Waals surface area contributed by atoms with Crippen molar-refractivity contribution in [2.75, 3.05) is 5.75 Å². The second-order valence-corrected chi connectivity index (χ2v) is 6.56. The van der Waals surface area contributed by atoms with Crippen LogP contribution in [-0.2, 0) is 21.1 Å². The highest BCUT2D eigenvalue weighted by molar-refractivity contribution is 7.91. The number of sulfone groups is 1. The van der Waals surface area contributed by atoms with Gasteiger partial charge in [-0.1, -0.05) is 67.5 Å². The van der Waals surface area contributed by atoms with Crippen molar-refractivity contribution in [2.45, 2.75) is 79.2 Å². The maximum absolute atomic E-state index is 12.1. The predicted octanol–water partition coefficient (Wildman–Crippen LogP) is 5.06. The van der Waals surface area contributed by atoms with E-state index in [2.05, 4.69) is 9.98 Å². The third-order valence-electron chi connectivity index (χ3n) is 2.90. The molecule has 1 aliphatic heterocycles. The first kappa shape index (κ1) is 30.7. The van der Waals surface area contributed by atoms with Gasteiger partial charge < -0.3 is 5.11 Å². The van der Waals surface area contributed by atoms with E-state index >= 15 is 0 Å². The highest BCUT2D eigenvalue weighted by atomic mass is 32.2. The van der Waals surface area contributed by atoms with Gasteiger partial charge in [0.15, 0.2) is 9.84 Å². The molecule has 1 heterocycles. The molecule has 28 heavy (non-hydrogen) atoms. The summed E-state index contributed by atoms with van der Waals surface area (Å²) in [6, 6.07) is 5.77. The fraction of sp³-hybridized carbons (Fsp3) is 0.571. The van der Waals surface area contributed by atoms with Gasteiger partial charge in [0.25, 0.3) is 0 Å². The van der Waals surface area contributed by atoms with Gasteiger partial charge in [-0.25, -0.2) is 13.4 Å². The van der Waals surface area contributed by atoms with E-state index in [1.165, 1.54) is 30.6 Å². The fourth-order valence-corrected chi connectivity index (χ4v) is 3.17. The molecule has 0 saturated carbocycles. The minimum atomic E-state index is -3.38. The summed E-state index contributed by atoms with van der Waals surface area (Å²) in [6.45, 7) is 16.0. The van der Waals surface area contributed by atoms with Gasteiger partial charge in [0.1, 0.15) is 6.34 Å². The van der Waals surface area contributed by atoms with Crippen LogP contribution in [0.5, 0.6) is 0 Å². The Labute approximate surface area is 171 Å². The molecule has 2 rings (SSSR count). The zero-order valence-corrected chi connectivity index (χ0v) is 19.5. The van der Waals surface area contributed by atoms with Crippen molar-refractivity contribution < 1.29 is 18.3 Å². The Kier molecular flexibility index (Phi) is 21.6. The first-order valence-electron chi connectivity index (χ1n) is 10.1. The smallest absolute Gasteiger partial charge is 0.307 e. The van der Waals surface area contributed by atoms with Crippen LogP contribution < -0.4 is 0 Å². The molecule has 1 atom stereocenters. The number of nitrogens with zero attached hydrogens (tertiary/aromatic N) is 2. The number of carboxylic acids is 1. The molecule has 1 aromatic rings. The van der Waals surface area contributed by atoms with E-state index in [1.54, 1.807) is 6.21 Å². The second kappa shape index (κ2) is 19.7. The van der Waals surface area contributed by atoms with E-state index < -0.39 is 15.8 Å². The molecule has 0 aliphatic carbocycles. The molecule has 0 fully saturated rings. The molecule has 1 aromatic carbocycles. The number of hydrogen-bond donors (Lipinski definition) is 1. The van der Waals surface area contributed by atoms with Crippen molar-refractivity contribution in [1.29, 1.82) is 0 Å². The van der Waals surface area contributed by atoms with Gasteiger partial charge in [-0.15, -0.1) is 0 Å². The van der Waals surface area contributed by atoms with Gasteiger partial charge in [0, 0.05) is 6.21 Å².